The Kier molecular flexibility index (Phi) is 4.21. The van der Waals surface area contributed by atoms with Crippen LogP contribution in [0.2, 0.25) is 0 Å². The fourth-order valence-corrected chi connectivity index (χ4v) is 1.42. The SMILES string of the molecule is CC(C)CC(=O)Nc1ccc(C(F)(F)F)cc1N. The van der Waals surface area contributed by atoms with Gasteiger partial charge in [-0.2, -0.15) is 13.2 Å². The van der Waals surface area contributed by atoms with Crippen molar-refractivity contribution < 1.29 is 18.0 Å². The molecule has 0 radical (unpaired) electrons. The molecule has 0 unspecified atom stereocenters. The Morgan fingerprint density at radius 3 is 2.44 bits per heavy atom. The molecule has 0 aliphatic rings. The number of alkyl halides is 3. The summed E-state index contributed by atoms with van der Waals surface area (Å²) in [5.74, 6) is -0.0999. The zero-order valence-electron chi connectivity index (χ0n) is 10.1. The Labute approximate surface area is 103 Å². The van der Waals surface area contributed by atoms with Crippen molar-refractivity contribution in [2.45, 2.75) is 26.4 Å². The van der Waals surface area contributed by atoms with Crippen molar-refractivity contribution in [1.82, 2.24) is 0 Å². The van der Waals surface area contributed by atoms with E-state index < -0.39 is 11.7 Å². The largest absolute Gasteiger partial charge is 0.416 e. The van der Waals surface area contributed by atoms with Gasteiger partial charge in [-0.05, 0) is 24.1 Å². The molecule has 18 heavy (non-hydrogen) atoms. The van der Waals surface area contributed by atoms with Crippen LogP contribution in [0.25, 0.3) is 0 Å². The first-order valence-electron chi connectivity index (χ1n) is 5.46. The van der Waals surface area contributed by atoms with Gasteiger partial charge in [0.1, 0.15) is 0 Å². The summed E-state index contributed by atoms with van der Waals surface area (Å²) in [5.41, 5.74) is 4.76. The summed E-state index contributed by atoms with van der Waals surface area (Å²) in [4.78, 5) is 11.5. The first-order valence-corrected chi connectivity index (χ1v) is 5.46. The molecule has 0 heterocycles. The Hall–Kier alpha value is -1.72. The van der Waals surface area contributed by atoms with Crippen LogP contribution in [0.15, 0.2) is 18.2 Å². The van der Waals surface area contributed by atoms with Crippen LogP contribution in [0.3, 0.4) is 0 Å². The van der Waals surface area contributed by atoms with Crippen molar-refractivity contribution in [3.63, 3.8) is 0 Å². The van der Waals surface area contributed by atoms with Crippen LogP contribution < -0.4 is 11.1 Å². The van der Waals surface area contributed by atoms with Gasteiger partial charge >= 0.3 is 6.18 Å². The molecule has 3 N–H and O–H groups in total. The summed E-state index contributed by atoms with van der Waals surface area (Å²) in [7, 11) is 0. The number of carbonyl (C=O) groups excluding carboxylic acids is 1. The molecule has 0 aliphatic carbocycles. The van der Waals surface area contributed by atoms with Gasteiger partial charge in [0, 0.05) is 6.42 Å². The number of halogens is 3. The number of nitrogen functional groups attached to an aromatic ring is 1. The first-order chi connectivity index (χ1) is 8.20. The van der Waals surface area contributed by atoms with E-state index in [-0.39, 0.29) is 23.2 Å². The number of amides is 1. The van der Waals surface area contributed by atoms with Crippen molar-refractivity contribution in [2.75, 3.05) is 11.1 Å². The highest BCUT2D eigenvalue weighted by Gasteiger charge is 2.30. The predicted octanol–water partition coefficient (Wildman–Crippen LogP) is 3.27. The smallest absolute Gasteiger partial charge is 0.397 e. The number of benzene rings is 1. The van der Waals surface area contributed by atoms with Crippen molar-refractivity contribution in [2.24, 2.45) is 5.92 Å². The third-order valence-electron chi connectivity index (χ3n) is 2.25. The molecule has 0 atom stereocenters. The molecule has 1 aromatic carbocycles. The predicted molar refractivity (Wildman–Crippen MR) is 63.9 cm³/mol. The van der Waals surface area contributed by atoms with Crippen LogP contribution in [0, 0.1) is 5.92 Å². The zero-order chi connectivity index (χ0) is 13.9. The van der Waals surface area contributed by atoms with Gasteiger partial charge in [-0.1, -0.05) is 13.8 Å². The summed E-state index contributed by atoms with van der Waals surface area (Å²) in [6.45, 7) is 3.74. The molecule has 0 bridgehead atoms. The maximum absolute atomic E-state index is 12.4. The van der Waals surface area contributed by atoms with E-state index in [0.29, 0.717) is 6.42 Å². The van der Waals surface area contributed by atoms with Crippen molar-refractivity contribution >= 4 is 17.3 Å². The normalized spacial score (nSPS) is 11.7. The van der Waals surface area contributed by atoms with Gasteiger partial charge in [-0.15, -0.1) is 0 Å². The second kappa shape index (κ2) is 5.29. The van der Waals surface area contributed by atoms with E-state index in [1.54, 1.807) is 0 Å². The van der Waals surface area contributed by atoms with Gasteiger partial charge in [0.2, 0.25) is 5.91 Å². The van der Waals surface area contributed by atoms with Gasteiger partial charge in [0.05, 0.1) is 16.9 Å². The molecule has 6 heteroatoms. The summed E-state index contributed by atoms with van der Waals surface area (Å²) in [6.07, 6.45) is -4.14. The molecule has 0 aliphatic heterocycles. The second-order valence-electron chi connectivity index (χ2n) is 4.45. The van der Waals surface area contributed by atoms with E-state index in [1.807, 2.05) is 13.8 Å². The van der Waals surface area contributed by atoms with E-state index in [0.717, 1.165) is 18.2 Å². The summed E-state index contributed by atoms with van der Waals surface area (Å²) in [5, 5.41) is 2.49. The molecular formula is C12H15F3N2O. The van der Waals surface area contributed by atoms with Crippen molar-refractivity contribution in [1.29, 1.82) is 0 Å². The summed E-state index contributed by atoms with van der Waals surface area (Å²) in [6, 6.07) is 2.86. The lowest BCUT2D eigenvalue weighted by molar-refractivity contribution is -0.137. The molecule has 1 rings (SSSR count). The Bertz CT molecular complexity index is 441. The standard InChI is InChI=1S/C12H15F3N2O/c1-7(2)5-11(18)17-10-4-3-8(6-9(10)16)12(13,14)15/h3-4,6-7H,5,16H2,1-2H3,(H,17,18). The van der Waals surface area contributed by atoms with E-state index >= 15 is 0 Å². The van der Waals surface area contributed by atoms with E-state index in [1.165, 1.54) is 0 Å². The third kappa shape index (κ3) is 3.94. The quantitative estimate of drug-likeness (QED) is 0.819. The van der Waals surface area contributed by atoms with Crippen LogP contribution in [0.4, 0.5) is 24.5 Å². The van der Waals surface area contributed by atoms with Crippen LogP contribution in [0.1, 0.15) is 25.8 Å². The topological polar surface area (TPSA) is 55.1 Å². The van der Waals surface area contributed by atoms with E-state index in [4.69, 9.17) is 5.73 Å². The summed E-state index contributed by atoms with van der Waals surface area (Å²) >= 11 is 0. The van der Waals surface area contributed by atoms with Crippen LogP contribution in [0.5, 0.6) is 0 Å². The molecule has 3 nitrogen and oxygen atoms in total. The van der Waals surface area contributed by atoms with Gasteiger partial charge in [-0.3, -0.25) is 4.79 Å². The minimum absolute atomic E-state index is 0.0954. The fourth-order valence-electron chi connectivity index (χ4n) is 1.42. The highest BCUT2D eigenvalue weighted by atomic mass is 19.4. The molecule has 0 saturated heterocycles. The Balaban J connectivity index is 2.84. The van der Waals surface area contributed by atoms with Crippen LogP contribution in [-0.2, 0) is 11.0 Å². The minimum Gasteiger partial charge on any atom is -0.397 e. The Morgan fingerprint density at radius 2 is 2.00 bits per heavy atom. The first kappa shape index (κ1) is 14.3. The molecule has 0 spiro atoms. The van der Waals surface area contributed by atoms with E-state index in [2.05, 4.69) is 5.32 Å². The van der Waals surface area contributed by atoms with Crippen molar-refractivity contribution in [3.05, 3.63) is 23.8 Å². The lowest BCUT2D eigenvalue weighted by Crippen LogP contribution is -2.15. The molecule has 100 valence electrons. The van der Waals surface area contributed by atoms with Crippen LogP contribution >= 0.6 is 0 Å². The van der Waals surface area contributed by atoms with Crippen molar-refractivity contribution in [3.8, 4) is 0 Å². The van der Waals surface area contributed by atoms with Gasteiger partial charge < -0.3 is 11.1 Å². The number of hydrogen-bond donors (Lipinski definition) is 2. The number of anilines is 2. The highest BCUT2D eigenvalue weighted by Crippen LogP contribution is 2.32. The maximum Gasteiger partial charge on any atom is 0.416 e. The molecule has 0 fully saturated rings. The third-order valence-corrected chi connectivity index (χ3v) is 2.25. The van der Waals surface area contributed by atoms with Gasteiger partial charge in [0.25, 0.3) is 0 Å². The number of carbonyl (C=O) groups is 1. The summed E-state index contributed by atoms with van der Waals surface area (Å²) < 4.78 is 37.2. The zero-order valence-corrected chi connectivity index (χ0v) is 10.1. The number of nitrogens with two attached hydrogens (primary N) is 1. The molecule has 1 amide bonds. The molecule has 0 saturated carbocycles. The van der Waals surface area contributed by atoms with Crippen LogP contribution in [-0.4, -0.2) is 5.91 Å². The van der Waals surface area contributed by atoms with Gasteiger partial charge in [0.15, 0.2) is 0 Å². The average Bonchev–Trinajstić information content (AvgIpc) is 2.18. The monoisotopic (exact) mass is 260 g/mol. The molecular weight excluding hydrogens is 245 g/mol. The second-order valence-corrected chi connectivity index (χ2v) is 4.45. The number of hydrogen-bond acceptors (Lipinski definition) is 2. The number of nitrogens with one attached hydrogen (secondary N) is 1. The Morgan fingerprint density at radius 1 is 1.39 bits per heavy atom. The lowest BCUT2D eigenvalue weighted by Gasteiger charge is -2.12. The molecule has 1 aromatic rings. The lowest BCUT2D eigenvalue weighted by atomic mass is 10.1. The van der Waals surface area contributed by atoms with Gasteiger partial charge in [-0.25, -0.2) is 0 Å². The average molecular weight is 260 g/mol. The molecule has 0 aromatic heterocycles. The maximum atomic E-state index is 12.4. The number of rotatable bonds is 3. The van der Waals surface area contributed by atoms with E-state index in [9.17, 15) is 18.0 Å². The highest BCUT2D eigenvalue weighted by molar-refractivity contribution is 5.93. The fraction of sp³-hybridized carbons (Fsp3) is 0.417. The minimum atomic E-state index is -4.44.